The lowest BCUT2D eigenvalue weighted by Gasteiger charge is -2.30. The fraction of sp³-hybridized carbons (Fsp3) is 0.800. The molecule has 1 unspecified atom stereocenters. The summed E-state index contributed by atoms with van der Waals surface area (Å²) in [6, 6.07) is 1.10. The minimum atomic E-state index is 0.414. The molecule has 0 amide bonds. The first-order valence-corrected chi connectivity index (χ1v) is 7.25. The Balaban J connectivity index is 2.01. The molecule has 0 bridgehead atoms. The van der Waals surface area contributed by atoms with Gasteiger partial charge in [-0.15, -0.1) is 0 Å². The minimum absolute atomic E-state index is 0.414. The van der Waals surface area contributed by atoms with Gasteiger partial charge in [0.05, 0.1) is 5.69 Å². The summed E-state index contributed by atoms with van der Waals surface area (Å²) in [4.78, 5) is 0. The zero-order valence-corrected chi connectivity index (χ0v) is 12.5. The van der Waals surface area contributed by atoms with E-state index in [2.05, 4.69) is 38.1 Å². The van der Waals surface area contributed by atoms with Crippen molar-refractivity contribution in [1.82, 2.24) is 15.1 Å². The van der Waals surface area contributed by atoms with Gasteiger partial charge < -0.3 is 5.32 Å². The number of aromatic nitrogens is 2. The highest BCUT2D eigenvalue weighted by atomic mass is 15.3. The second kappa shape index (κ2) is 5.43. The van der Waals surface area contributed by atoms with Gasteiger partial charge in [0.25, 0.3) is 0 Å². The molecule has 0 spiro atoms. The van der Waals surface area contributed by atoms with Crippen molar-refractivity contribution in [2.24, 2.45) is 13.0 Å². The van der Waals surface area contributed by atoms with Crippen molar-refractivity contribution in [2.75, 3.05) is 0 Å². The molecule has 0 saturated heterocycles. The second-order valence-electron chi connectivity index (χ2n) is 6.05. The number of hydrogen-bond donors (Lipinski definition) is 1. The van der Waals surface area contributed by atoms with E-state index in [0.29, 0.717) is 12.1 Å². The molecule has 1 N–H and O–H groups in total. The van der Waals surface area contributed by atoms with E-state index in [9.17, 15) is 0 Å². The van der Waals surface area contributed by atoms with Gasteiger partial charge in [0.15, 0.2) is 0 Å². The van der Waals surface area contributed by atoms with Gasteiger partial charge in [-0.1, -0.05) is 6.92 Å². The van der Waals surface area contributed by atoms with Crippen LogP contribution in [0.5, 0.6) is 0 Å². The standard InChI is InChI=1S/C15H27N3/c1-10-6-8-14(9-7-10)16-11(2)15-12(3)17-18(5)13(15)4/h10-11,14,16H,6-9H2,1-5H3. The molecule has 2 rings (SSSR count). The van der Waals surface area contributed by atoms with E-state index in [-0.39, 0.29) is 0 Å². The summed E-state index contributed by atoms with van der Waals surface area (Å²) in [6.45, 7) is 8.92. The highest BCUT2D eigenvalue weighted by Crippen LogP contribution is 2.27. The van der Waals surface area contributed by atoms with Crippen LogP contribution in [0.15, 0.2) is 0 Å². The molecule has 1 aliphatic carbocycles. The van der Waals surface area contributed by atoms with E-state index in [1.54, 1.807) is 0 Å². The van der Waals surface area contributed by atoms with E-state index in [4.69, 9.17) is 0 Å². The van der Waals surface area contributed by atoms with Crippen LogP contribution in [0.1, 0.15) is 62.5 Å². The summed E-state index contributed by atoms with van der Waals surface area (Å²) in [7, 11) is 2.03. The molecular formula is C15H27N3. The summed E-state index contributed by atoms with van der Waals surface area (Å²) in [5, 5.41) is 8.31. The van der Waals surface area contributed by atoms with Gasteiger partial charge in [-0.05, 0) is 52.4 Å². The maximum absolute atomic E-state index is 4.51. The van der Waals surface area contributed by atoms with Gasteiger partial charge in [-0.3, -0.25) is 4.68 Å². The van der Waals surface area contributed by atoms with Gasteiger partial charge in [-0.2, -0.15) is 5.10 Å². The Bertz CT molecular complexity index is 400. The number of nitrogens with zero attached hydrogens (tertiary/aromatic N) is 2. The Morgan fingerprint density at radius 1 is 1.22 bits per heavy atom. The highest BCUT2D eigenvalue weighted by molar-refractivity contribution is 5.27. The number of rotatable bonds is 3. The SMILES string of the molecule is Cc1nn(C)c(C)c1C(C)NC1CCC(C)CC1. The largest absolute Gasteiger partial charge is 0.307 e. The Labute approximate surface area is 111 Å². The topological polar surface area (TPSA) is 29.9 Å². The first-order chi connectivity index (χ1) is 8.49. The Kier molecular flexibility index (Phi) is 4.10. The molecule has 1 saturated carbocycles. The lowest BCUT2D eigenvalue weighted by Crippen LogP contribution is -2.35. The Morgan fingerprint density at radius 3 is 2.33 bits per heavy atom. The first kappa shape index (κ1) is 13.6. The molecule has 1 fully saturated rings. The average Bonchev–Trinajstić information content (AvgIpc) is 2.56. The monoisotopic (exact) mass is 249 g/mol. The van der Waals surface area contributed by atoms with E-state index >= 15 is 0 Å². The molecule has 102 valence electrons. The lowest BCUT2D eigenvalue weighted by molar-refractivity contribution is 0.291. The van der Waals surface area contributed by atoms with Gasteiger partial charge in [0, 0.05) is 30.4 Å². The zero-order chi connectivity index (χ0) is 13.3. The summed E-state index contributed by atoms with van der Waals surface area (Å²) in [6.07, 6.45) is 5.39. The van der Waals surface area contributed by atoms with Crippen molar-refractivity contribution >= 4 is 0 Å². The second-order valence-corrected chi connectivity index (χ2v) is 6.05. The highest BCUT2D eigenvalue weighted by Gasteiger charge is 2.22. The smallest absolute Gasteiger partial charge is 0.0644 e. The normalized spacial score (nSPS) is 26.3. The summed E-state index contributed by atoms with van der Waals surface area (Å²) in [5.41, 5.74) is 3.84. The molecule has 1 heterocycles. The molecule has 3 heteroatoms. The van der Waals surface area contributed by atoms with E-state index < -0.39 is 0 Å². The average molecular weight is 249 g/mol. The molecule has 1 atom stereocenters. The van der Waals surface area contributed by atoms with E-state index in [0.717, 1.165) is 5.92 Å². The van der Waals surface area contributed by atoms with Crippen LogP contribution < -0.4 is 5.32 Å². The van der Waals surface area contributed by atoms with Crippen molar-refractivity contribution < 1.29 is 0 Å². The van der Waals surface area contributed by atoms with Crippen LogP contribution in [-0.2, 0) is 7.05 Å². The molecule has 3 nitrogen and oxygen atoms in total. The van der Waals surface area contributed by atoms with Crippen LogP contribution >= 0.6 is 0 Å². The maximum atomic E-state index is 4.51. The van der Waals surface area contributed by atoms with E-state index in [1.807, 2.05) is 11.7 Å². The molecule has 0 radical (unpaired) electrons. The molecule has 0 aliphatic heterocycles. The predicted molar refractivity (Wildman–Crippen MR) is 75.7 cm³/mol. The van der Waals surface area contributed by atoms with Gasteiger partial charge in [0.2, 0.25) is 0 Å². The van der Waals surface area contributed by atoms with Crippen molar-refractivity contribution in [1.29, 1.82) is 0 Å². The van der Waals surface area contributed by atoms with Crippen LogP contribution in [-0.4, -0.2) is 15.8 Å². The van der Waals surface area contributed by atoms with Gasteiger partial charge >= 0.3 is 0 Å². The lowest BCUT2D eigenvalue weighted by atomic mass is 9.87. The number of hydrogen-bond acceptors (Lipinski definition) is 2. The van der Waals surface area contributed by atoms with Crippen LogP contribution in [0.2, 0.25) is 0 Å². The van der Waals surface area contributed by atoms with Crippen molar-refractivity contribution in [2.45, 2.75) is 65.5 Å². The predicted octanol–water partition coefficient (Wildman–Crippen LogP) is 3.27. The molecule has 1 aromatic rings. The minimum Gasteiger partial charge on any atom is -0.307 e. The van der Waals surface area contributed by atoms with Crippen LogP contribution in [0.25, 0.3) is 0 Å². The number of nitrogens with one attached hydrogen (secondary N) is 1. The molecule has 1 aliphatic rings. The molecular weight excluding hydrogens is 222 g/mol. The summed E-state index contributed by atoms with van der Waals surface area (Å²) >= 11 is 0. The van der Waals surface area contributed by atoms with Crippen molar-refractivity contribution in [3.05, 3.63) is 17.0 Å². The van der Waals surface area contributed by atoms with E-state index in [1.165, 1.54) is 42.6 Å². The Morgan fingerprint density at radius 2 is 1.83 bits per heavy atom. The fourth-order valence-electron chi connectivity index (χ4n) is 3.28. The summed E-state index contributed by atoms with van der Waals surface area (Å²) in [5.74, 6) is 0.917. The zero-order valence-electron chi connectivity index (χ0n) is 12.5. The molecule has 0 aromatic carbocycles. The first-order valence-electron chi connectivity index (χ1n) is 7.25. The maximum Gasteiger partial charge on any atom is 0.0644 e. The molecule has 18 heavy (non-hydrogen) atoms. The molecule has 1 aromatic heterocycles. The summed E-state index contributed by atoms with van der Waals surface area (Å²) < 4.78 is 1.99. The quantitative estimate of drug-likeness (QED) is 0.891. The third-order valence-corrected chi connectivity index (χ3v) is 4.50. The third-order valence-electron chi connectivity index (χ3n) is 4.50. The third kappa shape index (κ3) is 2.77. The fourth-order valence-corrected chi connectivity index (χ4v) is 3.28. The van der Waals surface area contributed by atoms with Crippen LogP contribution in [0, 0.1) is 19.8 Å². The van der Waals surface area contributed by atoms with Crippen LogP contribution in [0.4, 0.5) is 0 Å². The van der Waals surface area contributed by atoms with Gasteiger partial charge in [-0.25, -0.2) is 0 Å². The van der Waals surface area contributed by atoms with Crippen molar-refractivity contribution in [3.63, 3.8) is 0 Å². The van der Waals surface area contributed by atoms with Crippen molar-refractivity contribution in [3.8, 4) is 0 Å². The van der Waals surface area contributed by atoms with Gasteiger partial charge in [0.1, 0.15) is 0 Å². The number of aryl methyl sites for hydroxylation is 2. The Hall–Kier alpha value is -0.830. The van der Waals surface area contributed by atoms with Crippen LogP contribution in [0.3, 0.4) is 0 Å².